The molecule has 1 aromatic carbocycles. The zero-order chi connectivity index (χ0) is 12.3. The Bertz CT molecular complexity index is 359. The van der Waals surface area contributed by atoms with Gasteiger partial charge in [0.2, 0.25) is 0 Å². The molecule has 0 saturated heterocycles. The highest BCUT2D eigenvalue weighted by Gasteiger charge is 2.35. The van der Waals surface area contributed by atoms with Crippen LogP contribution in [0, 0.1) is 0 Å². The highest BCUT2D eigenvalue weighted by molar-refractivity contribution is 5.42. The molecule has 16 heavy (non-hydrogen) atoms. The van der Waals surface area contributed by atoms with Crippen LogP contribution in [0.2, 0.25) is 0 Å². The molecule has 90 valence electrons. The summed E-state index contributed by atoms with van der Waals surface area (Å²) in [6.07, 6.45) is -4.76. The predicted molar refractivity (Wildman–Crippen MR) is 53.8 cm³/mol. The Hall–Kier alpha value is -1.39. The van der Waals surface area contributed by atoms with Crippen molar-refractivity contribution in [3.63, 3.8) is 0 Å². The summed E-state index contributed by atoms with van der Waals surface area (Å²) >= 11 is 0. The molecule has 0 aliphatic rings. The molecule has 1 aromatic rings. The van der Waals surface area contributed by atoms with Crippen LogP contribution in [0.1, 0.15) is 19.4 Å². The van der Waals surface area contributed by atoms with Gasteiger partial charge < -0.3 is 9.47 Å². The van der Waals surface area contributed by atoms with Crippen molar-refractivity contribution in [2.45, 2.75) is 26.1 Å². The lowest BCUT2D eigenvalue weighted by molar-refractivity contribution is -0.139. The quantitative estimate of drug-likeness (QED) is 0.796. The van der Waals surface area contributed by atoms with Crippen molar-refractivity contribution in [3.8, 4) is 11.5 Å². The van der Waals surface area contributed by atoms with Gasteiger partial charge in [0.15, 0.2) is 0 Å². The molecule has 0 unspecified atom stereocenters. The van der Waals surface area contributed by atoms with Gasteiger partial charge in [0.05, 0.1) is 13.2 Å². The molecular weight excluding hydrogens is 221 g/mol. The van der Waals surface area contributed by atoms with E-state index in [9.17, 15) is 13.2 Å². The monoisotopic (exact) mass is 234 g/mol. The molecule has 0 heterocycles. The minimum absolute atomic E-state index is 0.156. The van der Waals surface area contributed by atoms with Crippen LogP contribution in [-0.2, 0) is 6.18 Å². The molecule has 0 aliphatic carbocycles. The third-order valence-corrected chi connectivity index (χ3v) is 1.85. The summed E-state index contributed by atoms with van der Waals surface area (Å²) in [7, 11) is 1.32. The van der Waals surface area contributed by atoms with E-state index in [4.69, 9.17) is 9.47 Å². The topological polar surface area (TPSA) is 18.5 Å². The zero-order valence-electron chi connectivity index (χ0n) is 9.26. The summed E-state index contributed by atoms with van der Waals surface area (Å²) in [5.74, 6) is -0.0215. The van der Waals surface area contributed by atoms with Crippen molar-refractivity contribution in [2.75, 3.05) is 7.11 Å². The molecule has 0 fully saturated rings. The molecule has 0 amide bonds. The summed E-state index contributed by atoms with van der Waals surface area (Å²) in [5.41, 5.74) is -0.819. The summed E-state index contributed by atoms with van der Waals surface area (Å²) in [4.78, 5) is 0. The second-order valence-corrected chi connectivity index (χ2v) is 3.53. The maximum atomic E-state index is 12.7. The summed E-state index contributed by atoms with van der Waals surface area (Å²) in [6, 6.07) is 3.63. The molecule has 0 spiro atoms. The van der Waals surface area contributed by atoms with E-state index in [0.717, 1.165) is 6.07 Å². The van der Waals surface area contributed by atoms with E-state index in [1.54, 1.807) is 13.8 Å². The van der Waals surface area contributed by atoms with Gasteiger partial charge in [-0.15, -0.1) is 0 Å². The van der Waals surface area contributed by atoms with Crippen molar-refractivity contribution in [3.05, 3.63) is 23.8 Å². The summed E-state index contributed by atoms with van der Waals surface area (Å²) < 4.78 is 47.9. The standard InChI is InChI=1S/C11H13F3O2/c1-7(2)16-10-5-4-8(15-3)6-9(10)11(12,13)14/h4-7H,1-3H3. The Labute approximate surface area is 92.0 Å². The van der Waals surface area contributed by atoms with E-state index in [2.05, 4.69) is 0 Å². The van der Waals surface area contributed by atoms with E-state index in [0.29, 0.717) is 0 Å². The molecule has 0 bridgehead atoms. The fraction of sp³-hybridized carbons (Fsp3) is 0.455. The van der Waals surface area contributed by atoms with Crippen LogP contribution in [0.15, 0.2) is 18.2 Å². The Morgan fingerprint density at radius 2 is 1.81 bits per heavy atom. The van der Waals surface area contributed by atoms with Gasteiger partial charge in [-0.2, -0.15) is 13.2 Å². The third-order valence-electron chi connectivity index (χ3n) is 1.85. The highest BCUT2D eigenvalue weighted by atomic mass is 19.4. The van der Waals surface area contributed by atoms with Gasteiger partial charge >= 0.3 is 6.18 Å². The summed E-state index contributed by atoms with van der Waals surface area (Å²) in [5, 5.41) is 0. The SMILES string of the molecule is COc1ccc(OC(C)C)c(C(F)(F)F)c1. The molecule has 0 saturated carbocycles. The Balaban J connectivity index is 3.17. The number of hydrogen-bond acceptors (Lipinski definition) is 2. The Kier molecular flexibility index (Phi) is 3.67. The van der Waals surface area contributed by atoms with Gasteiger partial charge in [-0.05, 0) is 32.0 Å². The first-order chi connectivity index (χ1) is 7.34. The fourth-order valence-corrected chi connectivity index (χ4v) is 1.21. The lowest BCUT2D eigenvalue weighted by Crippen LogP contribution is -2.13. The van der Waals surface area contributed by atoms with Gasteiger partial charge in [0.25, 0.3) is 0 Å². The second kappa shape index (κ2) is 4.63. The van der Waals surface area contributed by atoms with E-state index >= 15 is 0 Å². The van der Waals surface area contributed by atoms with Gasteiger partial charge in [-0.3, -0.25) is 0 Å². The predicted octanol–water partition coefficient (Wildman–Crippen LogP) is 3.50. The smallest absolute Gasteiger partial charge is 0.420 e. The van der Waals surface area contributed by atoms with Crippen LogP contribution in [0.5, 0.6) is 11.5 Å². The first-order valence-electron chi connectivity index (χ1n) is 4.76. The second-order valence-electron chi connectivity index (χ2n) is 3.53. The number of halogens is 3. The molecule has 5 heteroatoms. The first-order valence-corrected chi connectivity index (χ1v) is 4.76. The van der Waals surface area contributed by atoms with Crippen molar-refractivity contribution in [1.29, 1.82) is 0 Å². The molecule has 0 radical (unpaired) electrons. The number of rotatable bonds is 3. The van der Waals surface area contributed by atoms with Crippen LogP contribution < -0.4 is 9.47 Å². The first kappa shape index (κ1) is 12.7. The van der Waals surface area contributed by atoms with Crippen molar-refractivity contribution in [2.24, 2.45) is 0 Å². The number of alkyl halides is 3. The van der Waals surface area contributed by atoms with Crippen LogP contribution in [-0.4, -0.2) is 13.2 Å². The Morgan fingerprint density at radius 1 is 1.19 bits per heavy atom. The van der Waals surface area contributed by atoms with Crippen LogP contribution >= 0.6 is 0 Å². The van der Waals surface area contributed by atoms with Crippen molar-refractivity contribution in [1.82, 2.24) is 0 Å². The van der Waals surface area contributed by atoms with E-state index in [1.165, 1.54) is 19.2 Å². The van der Waals surface area contributed by atoms with E-state index < -0.39 is 11.7 Å². The normalized spacial score (nSPS) is 11.7. The largest absolute Gasteiger partial charge is 0.497 e. The van der Waals surface area contributed by atoms with Gasteiger partial charge in [0, 0.05) is 0 Å². The van der Waals surface area contributed by atoms with Gasteiger partial charge in [-0.1, -0.05) is 0 Å². The Morgan fingerprint density at radius 3 is 2.25 bits per heavy atom. The van der Waals surface area contributed by atoms with Crippen LogP contribution in [0.3, 0.4) is 0 Å². The van der Waals surface area contributed by atoms with Crippen molar-refractivity contribution < 1.29 is 22.6 Å². The maximum Gasteiger partial charge on any atom is 0.420 e. The molecule has 0 aliphatic heterocycles. The average Bonchev–Trinajstić information content (AvgIpc) is 2.15. The zero-order valence-corrected chi connectivity index (χ0v) is 9.26. The number of hydrogen-bond donors (Lipinski definition) is 0. The molecule has 2 nitrogen and oxygen atoms in total. The minimum atomic E-state index is -4.45. The number of methoxy groups -OCH3 is 1. The average molecular weight is 234 g/mol. The highest BCUT2D eigenvalue weighted by Crippen LogP contribution is 2.38. The molecule has 0 atom stereocenters. The van der Waals surface area contributed by atoms with Gasteiger partial charge in [-0.25, -0.2) is 0 Å². The van der Waals surface area contributed by atoms with Gasteiger partial charge in [0.1, 0.15) is 17.1 Å². The minimum Gasteiger partial charge on any atom is -0.497 e. The van der Waals surface area contributed by atoms with E-state index in [-0.39, 0.29) is 17.6 Å². The number of ether oxygens (including phenoxy) is 2. The summed E-state index contributed by atoms with van der Waals surface area (Å²) in [6.45, 7) is 3.34. The van der Waals surface area contributed by atoms with E-state index in [1.807, 2.05) is 0 Å². The number of benzene rings is 1. The molecule has 1 rings (SSSR count). The maximum absolute atomic E-state index is 12.7. The van der Waals surface area contributed by atoms with Crippen LogP contribution in [0.4, 0.5) is 13.2 Å². The van der Waals surface area contributed by atoms with Crippen molar-refractivity contribution >= 4 is 0 Å². The molecular formula is C11H13F3O2. The third kappa shape index (κ3) is 3.05. The van der Waals surface area contributed by atoms with Crippen LogP contribution in [0.25, 0.3) is 0 Å². The fourth-order valence-electron chi connectivity index (χ4n) is 1.21. The molecule has 0 aromatic heterocycles. The lowest BCUT2D eigenvalue weighted by Gasteiger charge is -2.16. The molecule has 0 N–H and O–H groups in total. The lowest BCUT2D eigenvalue weighted by atomic mass is 10.2.